The molecular formula is C15H20N2O3. The number of methoxy groups -OCH3 is 2. The Morgan fingerprint density at radius 1 is 1.15 bits per heavy atom. The van der Waals surface area contributed by atoms with E-state index in [2.05, 4.69) is 10.6 Å². The molecule has 108 valence electrons. The van der Waals surface area contributed by atoms with E-state index in [1.54, 1.807) is 14.2 Å². The van der Waals surface area contributed by atoms with Crippen LogP contribution in [0.15, 0.2) is 18.2 Å². The van der Waals surface area contributed by atoms with Crippen molar-refractivity contribution in [1.29, 1.82) is 0 Å². The van der Waals surface area contributed by atoms with Crippen LogP contribution in [0.3, 0.4) is 0 Å². The van der Waals surface area contributed by atoms with E-state index in [9.17, 15) is 4.79 Å². The highest BCUT2D eigenvalue weighted by molar-refractivity contribution is 5.86. The quantitative estimate of drug-likeness (QED) is 0.883. The van der Waals surface area contributed by atoms with Gasteiger partial charge in [0.25, 0.3) is 0 Å². The fourth-order valence-corrected chi connectivity index (χ4v) is 3.20. The van der Waals surface area contributed by atoms with Gasteiger partial charge in [-0.15, -0.1) is 0 Å². The second-order valence-corrected chi connectivity index (χ2v) is 5.47. The number of nitrogens with one attached hydrogen (secondary N) is 2. The van der Waals surface area contributed by atoms with E-state index in [0.717, 1.165) is 31.2 Å². The Bertz CT molecular complexity index is 524. The van der Waals surface area contributed by atoms with Crippen molar-refractivity contribution < 1.29 is 14.3 Å². The Kier molecular flexibility index (Phi) is 3.30. The van der Waals surface area contributed by atoms with Crippen molar-refractivity contribution in [1.82, 2.24) is 10.6 Å². The zero-order valence-corrected chi connectivity index (χ0v) is 11.9. The second-order valence-electron chi connectivity index (χ2n) is 5.47. The molecule has 1 aromatic rings. The number of hydrogen-bond acceptors (Lipinski definition) is 4. The summed E-state index contributed by atoms with van der Waals surface area (Å²) < 4.78 is 10.5. The van der Waals surface area contributed by atoms with E-state index in [-0.39, 0.29) is 17.6 Å². The van der Waals surface area contributed by atoms with Crippen LogP contribution in [0.25, 0.3) is 0 Å². The van der Waals surface area contributed by atoms with Crippen LogP contribution < -0.4 is 20.1 Å². The van der Waals surface area contributed by atoms with Crippen LogP contribution in [-0.2, 0) is 4.79 Å². The summed E-state index contributed by atoms with van der Waals surface area (Å²) in [6.45, 7) is 0. The van der Waals surface area contributed by atoms with Crippen LogP contribution in [0.1, 0.15) is 37.3 Å². The smallest absolute Gasteiger partial charge is 0.243 e. The largest absolute Gasteiger partial charge is 0.493 e. The Balaban J connectivity index is 1.87. The average Bonchev–Trinajstić information content (AvgIpc) is 3.05. The SMILES string of the molecule is COc1ccc([C@@H]2NC3(CCCC3)NC2=O)cc1OC. The van der Waals surface area contributed by atoms with Gasteiger partial charge in [0.15, 0.2) is 11.5 Å². The highest BCUT2D eigenvalue weighted by atomic mass is 16.5. The molecule has 2 fully saturated rings. The maximum atomic E-state index is 12.2. The third-order valence-corrected chi connectivity index (χ3v) is 4.24. The normalized spacial score (nSPS) is 23.9. The van der Waals surface area contributed by atoms with Crippen LogP contribution in [0.2, 0.25) is 0 Å². The topological polar surface area (TPSA) is 59.6 Å². The maximum absolute atomic E-state index is 12.2. The first-order valence-electron chi connectivity index (χ1n) is 6.99. The molecule has 1 atom stereocenters. The molecule has 2 N–H and O–H groups in total. The molecule has 20 heavy (non-hydrogen) atoms. The molecule has 0 radical (unpaired) electrons. The molecule has 1 heterocycles. The number of carbonyl (C=O) groups excluding carboxylic acids is 1. The van der Waals surface area contributed by atoms with Gasteiger partial charge in [0.05, 0.1) is 19.9 Å². The molecule has 5 heteroatoms. The van der Waals surface area contributed by atoms with Crippen LogP contribution in [0, 0.1) is 0 Å². The van der Waals surface area contributed by atoms with Crippen LogP contribution in [0.4, 0.5) is 0 Å². The lowest BCUT2D eigenvalue weighted by Crippen LogP contribution is -2.46. The first-order chi connectivity index (χ1) is 9.67. The molecule has 1 saturated carbocycles. The van der Waals surface area contributed by atoms with Crippen molar-refractivity contribution in [2.24, 2.45) is 0 Å². The fraction of sp³-hybridized carbons (Fsp3) is 0.533. The van der Waals surface area contributed by atoms with Gasteiger partial charge >= 0.3 is 0 Å². The van der Waals surface area contributed by atoms with E-state index in [4.69, 9.17) is 9.47 Å². The Morgan fingerprint density at radius 3 is 2.50 bits per heavy atom. The van der Waals surface area contributed by atoms with Gasteiger partial charge < -0.3 is 14.8 Å². The van der Waals surface area contributed by atoms with Crippen LogP contribution in [-0.4, -0.2) is 25.8 Å². The van der Waals surface area contributed by atoms with Crippen molar-refractivity contribution in [3.8, 4) is 11.5 Å². The van der Waals surface area contributed by atoms with Gasteiger partial charge in [-0.1, -0.05) is 6.07 Å². The molecule has 2 aliphatic rings. The molecule has 1 aliphatic heterocycles. The minimum Gasteiger partial charge on any atom is -0.493 e. The van der Waals surface area contributed by atoms with E-state index >= 15 is 0 Å². The predicted octanol–water partition coefficient (Wildman–Crippen LogP) is 1.73. The van der Waals surface area contributed by atoms with Crippen LogP contribution in [0.5, 0.6) is 11.5 Å². The lowest BCUT2D eigenvalue weighted by atomic mass is 10.1. The molecule has 5 nitrogen and oxygen atoms in total. The highest BCUT2D eigenvalue weighted by Crippen LogP contribution is 2.37. The lowest BCUT2D eigenvalue weighted by Gasteiger charge is -2.23. The molecule has 1 spiro atoms. The second kappa shape index (κ2) is 4.98. The Morgan fingerprint density at radius 2 is 1.85 bits per heavy atom. The zero-order chi connectivity index (χ0) is 14.2. The summed E-state index contributed by atoms with van der Waals surface area (Å²) in [7, 11) is 3.20. The van der Waals surface area contributed by atoms with Crippen molar-refractivity contribution in [3.63, 3.8) is 0 Å². The summed E-state index contributed by atoms with van der Waals surface area (Å²) >= 11 is 0. The summed E-state index contributed by atoms with van der Waals surface area (Å²) in [6, 6.07) is 5.30. The van der Waals surface area contributed by atoms with Gasteiger partial charge in [-0.05, 0) is 43.4 Å². The molecular weight excluding hydrogens is 256 g/mol. The number of benzene rings is 1. The van der Waals surface area contributed by atoms with E-state index < -0.39 is 0 Å². The van der Waals surface area contributed by atoms with Crippen molar-refractivity contribution in [2.75, 3.05) is 14.2 Å². The van der Waals surface area contributed by atoms with Gasteiger partial charge in [0.1, 0.15) is 6.04 Å². The van der Waals surface area contributed by atoms with Gasteiger partial charge in [-0.25, -0.2) is 0 Å². The molecule has 1 saturated heterocycles. The summed E-state index contributed by atoms with van der Waals surface area (Å²) in [4.78, 5) is 12.2. The summed E-state index contributed by atoms with van der Waals surface area (Å²) in [5, 5.41) is 6.59. The average molecular weight is 276 g/mol. The van der Waals surface area contributed by atoms with E-state index in [1.165, 1.54) is 0 Å². The molecule has 0 aromatic heterocycles. The number of ether oxygens (including phenoxy) is 2. The molecule has 1 amide bonds. The Labute approximate surface area is 118 Å². The van der Waals surface area contributed by atoms with Crippen molar-refractivity contribution >= 4 is 5.91 Å². The maximum Gasteiger partial charge on any atom is 0.243 e. The third-order valence-electron chi connectivity index (χ3n) is 4.24. The molecule has 3 rings (SSSR count). The molecule has 1 aliphatic carbocycles. The molecule has 0 bridgehead atoms. The summed E-state index contributed by atoms with van der Waals surface area (Å²) in [5.74, 6) is 1.36. The standard InChI is InChI=1S/C15H20N2O3/c1-19-11-6-5-10(9-12(11)20-2)13-14(18)17-15(16-13)7-3-4-8-15/h5-6,9,13,16H,3-4,7-8H2,1-2H3,(H,17,18)/t13-/m0/s1. The monoisotopic (exact) mass is 276 g/mol. The minimum absolute atomic E-state index is 0.0409. The number of carbonyl (C=O) groups is 1. The van der Waals surface area contributed by atoms with Gasteiger partial charge in [-0.2, -0.15) is 0 Å². The third kappa shape index (κ3) is 2.12. The molecule has 0 unspecified atom stereocenters. The van der Waals surface area contributed by atoms with Crippen molar-refractivity contribution in [3.05, 3.63) is 23.8 Å². The fourth-order valence-electron chi connectivity index (χ4n) is 3.20. The summed E-state index contributed by atoms with van der Waals surface area (Å²) in [6.07, 6.45) is 4.32. The van der Waals surface area contributed by atoms with Gasteiger partial charge in [-0.3, -0.25) is 10.1 Å². The summed E-state index contributed by atoms with van der Waals surface area (Å²) in [5.41, 5.74) is 0.707. The van der Waals surface area contributed by atoms with E-state index in [1.807, 2.05) is 18.2 Å². The van der Waals surface area contributed by atoms with Crippen LogP contribution >= 0.6 is 0 Å². The van der Waals surface area contributed by atoms with E-state index in [0.29, 0.717) is 11.5 Å². The highest BCUT2D eigenvalue weighted by Gasteiger charge is 2.45. The first kappa shape index (κ1) is 13.2. The zero-order valence-electron chi connectivity index (χ0n) is 11.9. The van der Waals surface area contributed by atoms with Gasteiger partial charge in [0.2, 0.25) is 5.91 Å². The predicted molar refractivity (Wildman–Crippen MR) is 74.8 cm³/mol. The molecule has 1 aromatic carbocycles. The number of hydrogen-bond donors (Lipinski definition) is 2. The van der Waals surface area contributed by atoms with Crippen molar-refractivity contribution in [2.45, 2.75) is 37.4 Å². The lowest BCUT2D eigenvalue weighted by molar-refractivity contribution is -0.121. The number of amides is 1. The minimum atomic E-state index is -0.312. The first-order valence-corrected chi connectivity index (χ1v) is 6.99. The van der Waals surface area contributed by atoms with Gasteiger partial charge in [0, 0.05) is 0 Å². The number of rotatable bonds is 3. The Hall–Kier alpha value is -1.75.